The molecular weight excluding hydrogens is 350 g/mol. The minimum absolute atomic E-state index is 0.0630. The molecule has 3 aromatic carbocycles. The van der Waals surface area contributed by atoms with Crippen molar-refractivity contribution in [2.45, 2.75) is 30.9 Å². The number of amides is 1. The van der Waals surface area contributed by atoms with E-state index in [4.69, 9.17) is 0 Å². The van der Waals surface area contributed by atoms with E-state index in [1.54, 1.807) is 11.8 Å². The lowest BCUT2D eigenvalue weighted by molar-refractivity contribution is -0.120. The number of nitrogens with one attached hydrogen (secondary N) is 1. The van der Waals surface area contributed by atoms with Gasteiger partial charge >= 0.3 is 0 Å². The highest BCUT2D eigenvalue weighted by atomic mass is 32.2. The van der Waals surface area contributed by atoms with Gasteiger partial charge in [0.25, 0.3) is 0 Å². The van der Waals surface area contributed by atoms with Crippen LogP contribution in [-0.4, -0.2) is 11.2 Å². The molecule has 0 saturated heterocycles. The lowest BCUT2D eigenvalue weighted by Crippen LogP contribution is -2.35. The third-order valence-electron chi connectivity index (χ3n) is 4.63. The largest absolute Gasteiger partial charge is 0.344 e. The average Bonchev–Trinajstić information content (AvgIpc) is 2.72. The molecule has 2 atom stereocenters. The van der Waals surface area contributed by atoms with Crippen molar-refractivity contribution in [1.82, 2.24) is 5.32 Å². The smallest absolute Gasteiger partial charge is 0.233 e. The van der Waals surface area contributed by atoms with Crippen molar-refractivity contribution in [3.05, 3.63) is 107 Å². The molecule has 1 amide bonds. The Morgan fingerprint density at radius 1 is 0.889 bits per heavy atom. The van der Waals surface area contributed by atoms with Crippen LogP contribution in [-0.2, 0) is 10.5 Å². The summed E-state index contributed by atoms with van der Waals surface area (Å²) in [5.74, 6) is 0.892. The quantitative estimate of drug-likeness (QED) is 0.589. The summed E-state index contributed by atoms with van der Waals surface area (Å²) in [6.07, 6.45) is 0. The number of benzene rings is 3. The van der Waals surface area contributed by atoms with Gasteiger partial charge in [-0.1, -0.05) is 84.9 Å². The summed E-state index contributed by atoms with van der Waals surface area (Å²) in [5.41, 5.74) is 4.65. The van der Waals surface area contributed by atoms with Crippen molar-refractivity contribution in [2.24, 2.45) is 0 Å². The van der Waals surface area contributed by atoms with Gasteiger partial charge in [-0.15, -0.1) is 11.8 Å². The molecule has 3 rings (SSSR count). The highest BCUT2D eigenvalue weighted by molar-refractivity contribution is 7.99. The first-order valence-corrected chi connectivity index (χ1v) is 10.3. The standard InChI is InChI=1S/C24H25NOS/c1-18-11-9-10-16-22(18)23(21-14-7-4-8-15-21)25-24(26)19(2)27-17-20-12-5-3-6-13-20/h3-16,19,23H,17H2,1-2H3,(H,25,26)/t19-,23-/m1/s1. The number of aryl methyl sites for hydroxylation is 1. The predicted molar refractivity (Wildman–Crippen MR) is 115 cm³/mol. The summed E-state index contributed by atoms with van der Waals surface area (Å²) in [6.45, 7) is 4.06. The molecule has 138 valence electrons. The first-order chi connectivity index (χ1) is 13.1. The van der Waals surface area contributed by atoms with E-state index in [1.165, 1.54) is 11.1 Å². The van der Waals surface area contributed by atoms with E-state index in [0.29, 0.717) is 0 Å². The summed E-state index contributed by atoms with van der Waals surface area (Å²) in [5, 5.41) is 3.14. The van der Waals surface area contributed by atoms with E-state index in [1.807, 2.05) is 55.5 Å². The predicted octanol–water partition coefficient (Wildman–Crippen LogP) is 5.52. The van der Waals surface area contributed by atoms with Crippen molar-refractivity contribution in [3.8, 4) is 0 Å². The van der Waals surface area contributed by atoms with Gasteiger partial charge in [0.1, 0.15) is 0 Å². The van der Waals surface area contributed by atoms with Crippen LogP contribution >= 0.6 is 11.8 Å². The van der Waals surface area contributed by atoms with Gasteiger partial charge in [-0.05, 0) is 36.1 Å². The van der Waals surface area contributed by atoms with Crippen molar-refractivity contribution < 1.29 is 4.79 Å². The number of hydrogen-bond donors (Lipinski definition) is 1. The minimum atomic E-state index is -0.139. The van der Waals surface area contributed by atoms with Crippen molar-refractivity contribution in [1.29, 1.82) is 0 Å². The van der Waals surface area contributed by atoms with Crippen LogP contribution in [0.4, 0.5) is 0 Å². The number of hydrogen-bond acceptors (Lipinski definition) is 2. The van der Waals surface area contributed by atoms with E-state index in [2.05, 4.69) is 48.6 Å². The molecule has 0 fully saturated rings. The Morgan fingerprint density at radius 2 is 1.48 bits per heavy atom. The minimum Gasteiger partial charge on any atom is -0.344 e. The van der Waals surface area contributed by atoms with Crippen molar-refractivity contribution in [2.75, 3.05) is 0 Å². The summed E-state index contributed by atoms with van der Waals surface area (Å²) in [6, 6.07) is 28.5. The second-order valence-electron chi connectivity index (χ2n) is 6.65. The molecule has 0 spiro atoms. The van der Waals surface area contributed by atoms with Crippen molar-refractivity contribution in [3.63, 3.8) is 0 Å². The van der Waals surface area contributed by atoms with Gasteiger partial charge in [0, 0.05) is 5.75 Å². The van der Waals surface area contributed by atoms with E-state index in [9.17, 15) is 4.79 Å². The third-order valence-corrected chi connectivity index (χ3v) is 5.85. The van der Waals surface area contributed by atoms with Gasteiger partial charge in [0.2, 0.25) is 5.91 Å². The highest BCUT2D eigenvalue weighted by Crippen LogP contribution is 2.26. The summed E-state index contributed by atoms with van der Waals surface area (Å²) >= 11 is 1.66. The van der Waals surface area contributed by atoms with Crippen LogP contribution in [0.1, 0.15) is 35.2 Å². The molecule has 0 aliphatic rings. The number of carbonyl (C=O) groups excluding carboxylic acids is 1. The van der Waals surface area contributed by atoms with Gasteiger partial charge in [-0.3, -0.25) is 4.79 Å². The average molecular weight is 376 g/mol. The normalized spacial score (nSPS) is 13.0. The molecule has 0 aromatic heterocycles. The van der Waals surface area contributed by atoms with Gasteiger partial charge < -0.3 is 5.32 Å². The molecule has 0 bridgehead atoms. The highest BCUT2D eigenvalue weighted by Gasteiger charge is 2.21. The van der Waals surface area contributed by atoms with E-state index < -0.39 is 0 Å². The van der Waals surface area contributed by atoms with Crippen LogP contribution in [0.15, 0.2) is 84.9 Å². The Bertz CT molecular complexity index is 864. The summed E-state index contributed by atoms with van der Waals surface area (Å²) < 4.78 is 0. The van der Waals surface area contributed by atoms with Gasteiger partial charge in [-0.25, -0.2) is 0 Å². The van der Waals surface area contributed by atoms with E-state index >= 15 is 0 Å². The maximum Gasteiger partial charge on any atom is 0.233 e. The fourth-order valence-electron chi connectivity index (χ4n) is 3.03. The molecule has 3 heteroatoms. The molecule has 0 aliphatic carbocycles. The first kappa shape index (κ1) is 19.2. The maximum atomic E-state index is 12.9. The Labute approximate surface area is 166 Å². The Morgan fingerprint density at radius 3 is 2.15 bits per heavy atom. The van der Waals surface area contributed by atoms with Crippen molar-refractivity contribution >= 4 is 17.7 Å². The molecule has 27 heavy (non-hydrogen) atoms. The van der Waals surface area contributed by atoms with Gasteiger partial charge in [0.05, 0.1) is 11.3 Å². The molecule has 2 nitrogen and oxygen atoms in total. The number of carbonyl (C=O) groups is 1. The van der Waals surface area contributed by atoms with E-state index in [-0.39, 0.29) is 17.2 Å². The number of thioether (sulfide) groups is 1. The zero-order chi connectivity index (χ0) is 19.1. The summed E-state index contributed by atoms with van der Waals surface area (Å²) in [4.78, 5) is 12.9. The van der Waals surface area contributed by atoms with Gasteiger partial charge in [-0.2, -0.15) is 0 Å². The zero-order valence-electron chi connectivity index (χ0n) is 15.8. The second-order valence-corrected chi connectivity index (χ2v) is 7.98. The molecule has 0 unspecified atom stereocenters. The Hall–Kier alpha value is -2.52. The Kier molecular flexibility index (Phi) is 6.72. The molecule has 3 aromatic rings. The van der Waals surface area contributed by atoms with Crippen LogP contribution < -0.4 is 5.32 Å². The summed E-state index contributed by atoms with van der Waals surface area (Å²) in [7, 11) is 0. The van der Waals surface area contributed by atoms with Gasteiger partial charge in [0.15, 0.2) is 0 Å². The monoisotopic (exact) mass is 375 g/mol. The van der Waals surface area contributed by atoms with E-state index in [0.717, 1.165) is 16.9 Å². The molecule has 0 saturated carbocycles. The molecule has 0 aliphatic heterocycles. The van der Waals surface area contributed by atoms with Crippen LogP contribution in [0, 0.1) is 6.92 Å². The fraction of sp³-hybridized carbons (Fsp3) is 0.208. The molecular formula is C24H25NOS. The molecule has 1 N–H and O–H groups in total. The van der Waals surface area contributed by atoms with Crippen LogP contribution in [0.5, 0.6) is 0 Å². The zero-order valence-corrected chi connectivity index (χ0v) is 16.6. The SMILES string of the molecule is Cc1ccccc1[C@H](NC(=O)[C@@H](C)SCc1ccccc1)c1ccccc1. The maximum absolute atomic E-state index is 12.9. The topological polar surface area (TPSA) is 29.1 Å². The number of rotatable bonds is 7. The molecule has 0 radical (unpaired) electrons. The lowest BCUT2D eigenvalue weighted by atomic mass is 9.95. The second kappa shape index (κ2) is 9.43. The Balaban J connectivity index is 1.73. The third kappa shape index (κ3) is 5.24. The molecule has 0 heterocycles. The van der Waals surface area contributed by atoms with Crippen LogP contribution in [0.2, 0.25) is 0 Å². The lowest BCUT2D eigenvalue weighted by Gasteiger charge is -2.23. The van der Waals surface area contributed by atoms with Crippen LogP contribution in [0.25, 0.3) is 0 Å². The van der Waals surface area contributed by atoms with Crippen LogP contribution in [0.3, 0.4) is 0 Å². The first-order valence-electron chi connectivity index (χ1n) is 9.21. The fourth-order valence-corrected chi connectivity index (χ4v) is 3.88.